The third-order valence-electron chi connectivity index (χ3n) is 3.50. The van der Waals surface area contributed by atoms with E-state index < -0.39 is 0 Å². The summed E-state index contributed by atoms with van der Waals surface area (Å²) < 4.78 is 7.50. The number of rotatable bonds is 6. The monoisotopic (exact) mass is 329 g/mol. The number of carbonyl (C=O) groups excluding carboxylic acids is 1. The van der Waals surface area contributed by atoms with Crippen LogP contribution in [-0.4, -0.2) is 21.9 Å². The number of amides is 1. The highest BCUT2D eigenvalue weighted by atomic mass is 32.1. The van der Waals surface area contributed by atoms with Gasteiger partial charge in [-0.1, -0.05) is 26.0 Å². The number of hydrogen-bond donors (Lipinski definition) is 1. The van der Waals surface area contributed by atoms with Gasteiger partial charge >= 0.3 is 0 Å². The van der Waals surface area contributed by atoms with Gasteiger partial charge in [-0.15, -0.1) is 11.3 Å². The zero-order valence-electron chi connectivity index (χ0n) is 13.2. The van der Waals surface area contributed by atoms with Crippen LogP contribution in [0.2, 0.25) is 0 Å². The van der Waals surface area contributed by atoms with E-state index in [2.05, 4.69) is 30.2 Å². The summed E-state index contributed by atoms with van der Waals surface area (Å²) >= 11 is 1.57. The van der Waals surface area contributed by atoms with Crippen molar-refractivity contribution in [2.45, 2.75) is 26.3 Å². The molecule has 0 aliphatic rings. The van der Waals surface area contributed by atoms with Crippen molar-refractivity contribution in [2.24, 2.45) is 0 Å². The van der Waals surface area contributed by atoms with Crippen LogP contribution in [0.4, 0.5) is 0 Å². The standard InChI is InChI=1S/C17H19N3O2S/c1-12(2)13-4-3-5-15(8-13)22-11-16(21)18-9-14-10-20-6-7-23-17(20)19-14/h3-8,10,12H,9,11H2,1-2H3,(H,18,21). The number of fused-ring (bicyclic) bond motifs is 1. The molecule has 120 valence electrons. The molecule has 0 fully saturated rings. The third kappa shape index (κ3) is 3.90. The van der Waals surface area contributed by atoms with Crippen LogP contribution in [0.3, 0.4) is 0 Å². The van der Waals surface area contributed by atoms with Crippen molar-refractivity contribution in [1.82, 2.24) is 14.7 Å². The molecule has 1 amide bonds. The molecule has 0 spiro atoms. The Morgan fingerprint density at radius 2 is 2.30 bits per heavy atom. The second kappa shape index (κ2) is 6.83. The molecule has 0 aliphatic carbocycles. The second-order valence-electron chi connectivity index (χ2n) is 5.62. The van der Waals surface area contributed by atoms with E-state index in [-0.39, 0.29) is 12.5 Å². The molecule has 0 aliphatic heterocycles. The maximum atomic E-state index is 11.9. The van der Waals surface area contributed by atoms with E-state index >= 15 is 0 Å². The van der Waals surface area contributed by atoms with Crippen LogP contribution >= 0.6 is 11.3 Å². The van der Waals surface area contributed by atoms with Gasteiger partial charge in [0.1, 0.15) is 5.75 Å². The van der Waals surface area contributed by atoms with Gasteiger partial charge in [-0.2, -0.15) is 0 Å². The Bertz CT molecular complexity index is 778. The molecule has 0 saturated carbocycles. The summed E-state index contributed by atoms with van der Waals surface area (Å²) in [6.07, 6.45) is 3.86. The van der Waals surface area contributed by atoms with Gasteiger partial charge in [0, 0.05) is 17.8 Å². The van der Waals surface area contributed by atoms with Gasteiger partial charge < -0.3 is 10.1 Å². The lowest BCUT2D eigenvalue weighted by molar-refractivity contribution is -0.123. The van der Waals surface area contributed by atoms with Crippen molar-refractivity contribution in [2.75, 3.05) is 6.61 Å². The fourth-order valence-corrected chi connectivity index (χ4v) is 2.93. The third-order valence-corrected chi connectivity index (χ3v) is 4.28. The fourth-order valence-electron chi connectivity index (χ4n) is 2.21. The number of carbonyl (C=O) groups is 1. The molecule has 6 heteroatoms. The Kier molecular flexibility index (Phi) is 4.62. The zero-order valence-corrected chi connectivity index (χ0v) is 14.0. The molecule has 3 aromatic rings. The number of thiazole rings is 1. The summed E-state index contributed by atoms with van der Waals surface area (Å²) in [7, 11) is 0. The summed E-state index contributed by atoms with van der Waals surface area (Å²) in [6.45, 7) is 4.66. The number of imidazole rings is 1. The largest absolute Gasteiger partial charge is 0.484 e. The van der Waals surface area contributed by atoms with Crippen LogP contribution in [0.5, 0.6) is 5.75 Å². The number of benzene rings is 1. The summed E-state index contributed by atoms with van der Waals surface area (Å²) in [6, 6.07) is 7.84. The topological polar surface area (TPSA) is 55.6 Å². The van der Waals surface area contributed by atoms with Crippen LogP contribution in [0.25, 0.3) is 4.96 Å². The molecule has 23 heavy (non-hydrogen) atoms. The van der Waals surface area contributed by atoms with Crippen LogP contribution in [-0.2, 0) is 11.3 Å². The molecular formula is C17H19N3O2S. The number of nitrogens with zero attached hydrogens (tertiary/aromatic N) is 2. The van der Waals surface area contributed by atoms with E-state index in [1.807, 2.05) is 40.4 Å². The summed E-state index contributed by atoms with van der Waals surface area (Å²) in [4.78, 5) is 17.2. The van der Waals surface area contributed by atoms with Gasteiger partial charge in [-0.25, -0.2) is 4.98 Å². The first-order valence-corrected chi connectivity index (χ1v) is 8.40. The van der Waals surface area contributed by atoms with Crippen molar-refractivity contribution in [3.05, 3.63) is 53.3 Å². The Morgan fingerprint density at radius 1 is 1.43 bits per heavy atom. The average Bonchev–Trinajstić information content (AvgIpc) is 3.12. The minimum Gasteiger partial charge on any atom is -0.484 e. The lowest BCUT2D eigenvalue weighted by Crippen LogP contribution is -2.28. The van der Waals surface area contributed by atoms with Crippen molar-refractivity contribution >= 4 is 22.2 Å². The molecule has 0 bridgehead atoms. The molecule has 0 saturated heterocycles. The Labute approximate surface area is 138 Å². The molecule has 2 aromatic heterocycles. The van der Waals surface area contributed by atoms with Crippen molar-refractivity contribution in [1.29, 1.82) is 0 Å². The van der Waals surface area contributed by atoms with Gasteiger partial charge in [0.05, 0.1) is 12.2 Å². The van der Waals surface area contributed by atoms with Crippen molar-refractivity contribution in [3.8, 4) is 5.75 Å². The Morgan fingerprint density at radius 3 is 3.09 bits per heavy atom. The lowest BCUT2D eigenvalue weighted by Gasteiger charge is -2.10. The van der Waals surface area contributed by atoms with E-state index in [0.29, 0.717) is 18.2 Å². The summed E-state index contributed by atoms with van der Waals surface area (Å²) in [5.74, 6) is 0.993. The predicted octanol–water partition coefficient (Wildman–Crippen LogP) is 3.21. The normalized spacial score (nSPS) is 11.1. The van der Waals surface area contributed by atoms with Crippen LogP contribution in [0.15, 0.2) is 42.0 Å². The first-order chi connectivity index (χ1) is 11.1. The molecule has 0 radical (unpaired) electrons. The SMILES string of the molecule is CC(C)c1cccc(OCC(=O)NCc2cn3ccsc3n2)c1. The van der Waals surface area contributed by atoms with Gasteiger partial charge in [0.15, 0.2) is 11.6 Å². The Hall–Kier alpha value is -2.34. The molecular weight excluding hydrogens is 310 g/mol. The zero-order chi connectivity index (χ0) is 16.2. The van der Waals surface area contributed by atoms with Crippen molar-refractivity contribution < 1.29 is 9.53 Å². The molecule has 3 rings (SSSR count). The molecule has 5 nitrogen and oxygen atoms in total. The van der Waals surface area contributed by atoms with E-state index in [1.54, 1.807) is 11.3 Å². The number of aromatic nitrogens is 2. The highest BCUT2D eigenvalue weighted by Gasteiger charge is 2.07. The smallest absolute Gasteiger partial charge is 0.258 e. The van der Waals surface area contributed by atoms with E-state index in [0.717, 1.165) is 10.7 Å². The van der Waals surface area contributed by atoms with Gasteiger partial charge in [0.2, 0.25) is 0 Å². The predicted molar refractivity (Wildman–Crippen MR) is 90.9 cm³/mol. The quantitative estimate of drug-likeness (QED) is 0.755. The lowest BCUT2D eigenvalue weighted by atomic mass is 10.0. The number of nitrogens with one attached hydrogen (secondary N) is 1. The minimum atomic E-state index is -0.156. The summed E-state index contributed by atoms with van der Waals surface area (Å²) in [5.41, 5.74) is 2.04. The first-order valence-electron chi connectivity index (χ1n) is 7.52. The molecule has 1 aromatic carbocycles. The Balaban J connectivity index is 1.49. The molecule has 0 unspecified atom stereocenters. The van der Waals surface area contributed by atoms with E-state index in [9.17, 15) is 4.79 Å². The summed E-state index contributed by atoms with van der Waals surface area (Å²) in [5, 5.41) is 4.80. The highest BCUT2D eigenvalue weighted by molar-refractivity contribution is 7.15. The average molecular weight is 329 g/mol. The van der Waals surface area contributed by atoms with Gasteiger partial charge in [-0.3, -0.25) is 9.20 Å². The fraction of sp³-hybridized carbons (Fsp3) is 0.294. The van der Waals surface area contributed by atoms with Crippen LogP contribution in [0.1, 0.15) is 31.0 Å². The van der Waals surface area contributed by atoms with Crippen LogP contribution < -0.4 is 10.1 Å². The van der Waals surface area contributed by atoms with E-state index in [1.165, 1.54) is 5.56 Å². The molecule has 2 heterocycles. The molecule has 0 atom stereocenters. The second-order valence-corrected chi connectivity index (χ2v) is 6.49. The van der Waals surface area contributed by atoms with Crippen LogP contribution in [0, 0.1) is 0 Å². The minimum absolute atomic E-state index is 0.00374. The maximum absolute atomic E-state index is 11.9. The van der Waals surface area contributed by atoms with Gasteiger partial charge in [-0.05, 0) is 23.6 Å². The molecule has 1 N–H and O–H groups in total. The highest BCUT2D eigenvalue weighted by Crippen LogP contribution is 2.20. The van der Waals surface area contributed by atoms with Crippen molar-refractivity contribution in [3.63, 3.8) is 0 Å². The number of hydrogen-bond acceptors (Lipinski definition) is 4. The van der Waals surface area contributed by atoms with E-state index in [4.69, 9.17) is 4.74 Å². The van der Waals surface area contributed by atoms with Gasteiger partial charge in [0.25, 0.3) is 5.91 Å². The number of ether oxygens (including phenoxy) is 1. The maximum Gasteiger partial charge on any atom is 0.258 e. The first kappa shape index (κ1) is 15.6.